The summed E-state index contributed by atoms with van der Waals surface area (Å²) in [6.07, 6.45) is 3.02. The molecule has 1 heterocycles. The highest BCUT2D eigenvalue weighted by Gasteiger charge is 2.09. The third kappa shape index (κ3) is 4.41. The van der Waals surface area contributed by atoms with E-state index in [1.807, 2.05) is 13.8 Å². The summed E-state index contributed by atoms with van der Waals surface area (Å²) in [6.45, 7) is 3.03. The summed E-state index contributed by atoms with van der Waals surface area (Å²) >= 11 is 0. The van der Waals surface area contributed by atoms with E-state index in [0.29, 0.717) is 0 Å². The van der Waals surface area contributed by atoms with E-state index in [1.165, 1.54) is 10.8 Å². The number of carboxylic acid groups (broad SMARTS) is 1. The monoisotopic (exact) mass is 268 g/mol. The summed E-state index contributed by atoms with van der Waals surface area (Å²) in [4.78, 5) is 37.3. The van der Waals surface area contributed by atoms with Gasteiger partial charge >= 0.3 is 5.97 Å². The highest BCUT2D eigenvalue weighted by atomic mass is 16.4. The summed E-state index contributed by atoms with van der Waals surface area (Å²) < 4.78 is 1.48. The highest BCUT2D eigenvalue weighted by molar-refractivity contribution is 5.84. The maximum atomic E-state index is 11.9. The number of nitrogens with one attached hydrogen (secondary N) is 2. The van der Waals surface area contributed by atoms with Crippen LogP contribution in [0.25, 0.3) is 0 Å². The predicted molar refractivity (Wildman–Crippen MR) is 68.0 cm³/mol. The minimum Gasteiger partial charge on any atom is -0.480 e. The van der Waals surface area contributed by atoms with E-state index in [2.05, 4.69) is 15.6 Å². The molecule has 3 N–H and O–H groups in total. The average Bonchev–Trinajstić information content (AvgIpc) is 2.34. The Balaban J connectivity index is 2.63. The lowest BCUT2D eigenvalue weighted by atomic mass is 10.4. The van der Waals surface area contributed by atoms with Gasteiger partial charge in [0, 0.05) is 18.4 Å². The van der Waals surface area contributed by atoms with E-state index in [9.17, 15) is 14.4 Å². The molecule has 0 unspecified atom stereocenters. The maximum Gasteiger partial charge on any atom is 0.322 e. The van der Waals surface area contributed by atoms with Crippen LogP contribution in [0.1, 0.15) is 19.9 Å². The molecule has 0 atom stereocenters. The lowest BCUT2D eigenvalue weighted by Crippen LogP contribution is -2.35. The molecule has 1 amide bonds. The second-order valence-corrected chi connectivity index (χ2v) is 4.11. The van der Waals surface area contributed by atoms with Crippen molar-refractivity contribution in [3.8, 4) is 0 Å². The molecule has 8 nitrogen and oxygen atoms in total. The van der Waals surface area contributed by atoms with Crippen molar-refractivity contribution in [2.24, 2.45) is 0 Å². The number of aromatic nitrogens is 2. The third-order valence-corrected chi connectivity index (χ3v) is 2.28. The van der Waals surface area contributed by atoms with Crippen molar-refractivity contribution < 1.29 is 14.7 Å². The summed E-state index contributed by atoms with van der Waals surface area (Å²) in [5, 5.41) is 13.1. The molecule has 104 valence electrons. The molecule has 0 aromatic carbocycles. The Bertz CT molecular complexity index is 524. The Morgan fingerprint density at radius 2 is 2.11 bits per heavy atom. The number of nitrogens with zero attached hydrogens (tertiary/aromatic N) is 2. The second-order valence-electron chi connectivity index (χ2n) is 4.11. The molecule has 0 fully saturated rings. The lowest BCUT2D eigenvalue weighted by Gasteiger charge is -2.11. The number of rotatable bonds is 6. The van der Waals surface area contributed by atoms with Gasteiger partial charge in [0.05, 0.1) is 6.54 Å². The van der Waals surface area contributed by atoms with Crippen molar-refractivity contribution in [2.45, 2.75) is 19.9 Å². The molecule has 0 saturated heterocycles. The zero-order chi connectivity index (χ0) is 14.4. The van der Waals surface area contributed by atoms with Crippen molar-refractivity contribution in [1.82, 2.24) is 14.9 Å². The summed E-state index contributed by atoms with van der Waals surface area (Å²) in [5.74, 6) is -1.60. The molecule has 8 heteroatoms. The fourth-order valence-corrected chi connectivity index (χ4v) is 1.35. The van der Waals surface area contributed by atoms with E-state index < -0.39 is 18.4 Å². The van der Waals surface area contributed by atoms with E-state index >= 15 is 0 Å². The molecule has 0 aliphatic heterocycles. The molecule has 0 spiro atoms. The molecule has 0 bridgehead atoms. The van der Waals surface area contributed by atoms with Crippen molar-refractivity contribution in [3.05, 3.63) is 22.7 Å². The summed E-state index contributed by atoms with van der Waals surface area (Å²) in [6, 6.07) is -0.0168. The fraction of sp³-hybridized carbons (Fsp3) is 0.455. The van der Waals surface area contributed by atoms with Crippen LogP contribution in [0.3, 0.4) is 0 Å². The first-order valence-electron chi connectivity index (χ1n) is 5.71. The Morgan fingerprint density at radius 3 is 2.68 bits per heavy atom. The van der Waals surface area contributed by atoms with Gasteiger partial charge in [-0.3, -0.25) is 14.4 Å². The number of anilines is 1. The van der Waals surface area contributed by atoms with E-state index in [4.69, 9.17) is 5.11 Å². The molecule has 1 aromatic heterocycles. The van der Waals surface area contributed by atoms with E-state index in [-0.39, 0.29) is 24.0 Å². The summed E-state index contributed by atoms with van der Waals surface area (Å²) in [7, 11) is 0. The number of carboxylic acids is 1. The summed E-state index contributed by atoms with van der Waals surface area (Å²) in [5.41, 5.74) is -0.330. The van der Waals surface area contributed by atoms with Crippen LogP contribution in [-0.2, 0) is 9.59 Å². The van der Waals surface area contributed by atoms with Gasteiger partial charge in [0.1, 0.15) is 6.54 Å². The van der Waals surface area contributed by atoms with E-state index in [0.717, 1.165) is 0 Å². The van der Waals surface area contributed by atoms with Gasteiger partial charge in [-0.25, -0.2) is 4.98 Å². The van der Waals surface area contributed by atoms with Crippen LogP contribution in [0.15, 0.2) is 17.2 Å². The van der Waals surface area contributed by atoms with Gasteiger partial charge in [0.25, 0.3) is 5.56 Å². The zero-order valence-corrected chi connectivity index (χ0v) is 10.7. The first-order chi connectivity index (χ1) is 8.91. The Labute approximate surface area is 109 Å². The maximum absolute atomic E-state index is 11.9. The fourth-order valence-electron chi connectivity index (χ4n) is 1.35. The Kier molecular flexibility index (Phi) is 5.04. The van der Waals surface area contributed by atoms with Crippen LogP contribution in [0.5, 0.6) is 0 Å². The van der Waals surface area contributed by atoms with Crippen LogP contribution in [-0.4, -0.2) is 39.6 Å². The topological polar surface area (TPSA) is 113 Å². The highest BCUT2D eigenvalue weighted by Crippen LogP contribution is 2.00. The van der Waals surface area contributed by atoms with Gasteiger partial charge in [-0.05, 0) is 13.8 Å². The minimum atomic E-state index is -1.13. The minimum absolute atomic E-state index is 0.0168. The van der Waals surface area contributed by atoms with E-state index in [1.54, 1.807) is 6.20 Å². The third-order valence-electron chi connectivity index (χ3n) is 2.28. The molecule has 1 aromatic rings. The van der Waals surface area contributed by atoms with Gasteiger partial charge < -0.3 is 20.3 Å². The number of hydrogen-bond acceptors (Lipinski definition) is 5. The van der Waals surface area contributed by atoms with Crippen LogP contribution >= 0.6 is 0 Å². The second kappa shape index (κ2) is 6.53. The number of amides is 1. The van der Waals surface area contributed by atoms with Gasteiger partial charge in [0.2, 0.25) is 5.91 Å². The van der Waals surface area contributed by atoms with Gasteiger partial charge in [-0.15, -0.1) is 0 Å². The molecule has 0 saturated carbocycles. The molecular formula is C11H16N4O4. The van der Waals surface area contributed by atoms with Crippen LogP contribution in [0, 0.1) is 0 Å². The van der Waals surface area contributed by atoms with Crippen molar-refractivity contribution in [1.29, 1.82) is 0 Å². The predicted octanol–water partition coefficient (Wildman–Crippen LogP) is -0.563. The largest absolute Gasteiger partial charge is 0.480 e. The zero-order valence-electron chi connectivity index (χ0n) is 10.7. The first-order valence-corrected chi connectivity index (χ1v) is 5.71. The lowest BCUT2D eigenvalue weighted by molar-refractivity contribution is -0.137. The van der Waals surface area contributed by atoms with Gasteiger partial charge in [-0.2, -0.15) is 0 Å². The molecular weight excluding hydrogens is 252 g/mol. The average molecular weight is 268 g/mol. The normalized spacial score (nSPS) is 10.3. The number of carbonyl (C=O) groups is 2. The van der Waals surface area contributed by atoms with Crippen LogP contribution in [0.4, 0.5) is 5.82 Å². The Hall–Kier alpha value is -2.38. The quantitative estimate of drug-likeness (QED) is 0.637. The number of carbonyl (C=O) groups excluding carboxylic acids is 1. The molecule has 1 rings (SSSR count). The van der Waals surface area contributed by atoms with Crippen molar-refractivity contribution in [2.75, 3.05) is 18.4 Å². The van der Waals surface area contributed by atoms with Gasteiger partial charge in [0.15, 0.2) is 5.82 Å². The molecule has 0 radical (unpaired) electrons. The van der Waals surface area contributed by atoms with Crippen molar-refractivity contribution >= 4 is 17.7 Å². The molecule has 0 aliphatic rings. The number of aliphatic carboxylic acids is 1. The standard InChI is InChI=1S/C11H16N4O4/c1-7(2)15-4-3-12-10(11(15)19)14-5-8(16)13-6-9(17)18/h3-4,7H,5-6H2,1-2H3,(H,12,14)(H,13,16)(H,17,18). The van der Waals surface area contributed by atoms with Gasteiger partial charge in [-0.1, -0.05) is 0 Å². The van der Waals surface area contributed by atoms with Crippen LogP contribution in [0.2, 0.25) is 0 Å². The smallest absolute Gasteiger partial charge is 0.322 e. The first kappa shape index (κ1) is 14.7. The molecule has 0 aliphatic carbocycles. The van der Waals surface area contributed by atoms with Crippen molar-refractivity contribution in [3.63, 3.8) is 0 Å². The van der Waals surface area contributed by atoms with Crippen LogP contribution < -0.4 is 16.2 Å². The SMILES string of the molecule is CC(C)n1ccnc(NCC(=O)NCC(=O)O)c1=O. The Morgan fingerprint density at radius 1 is 1.42 bits per heavy atom. The molecule has 19 heavy (non-hydrogen) atoms. The number of hydrogen-bond donors (Lipinski definition) is 3.